The van der Waals surface area contributed by atoms with Crippen molar-refractivity contribution in [2.24, 2.45) is 0 Å². The average molecular weight is 717 g/mol. The number of nitrogens with zero attached hydrogens (tertiary/aromatic N) is 2. The first-order valence-electron chi connectivity index (χ1n) is 13.8. The molecule has 43 heavy (non-hydrogen) atoms. The second-order valence-electron chi connectivity index (χ2n) is 8.80. The fourth-order valence-corrected chi connectivity index (χ4v) is 4.21. The van der Waals surface area contributed by atoms with Gasteiger partial charge in [-0.05, 0) is 46.9 Å². The lowest BCUT2D eigenvalue weighted by molar-refractivity contribution is -0.119. The number of rotatable bonds is 23. The van der Waals surface area contributed by atoms with E-state index in [1.54, 1.807) is 12.1 Å². The third-order valence-corrected chi connectivity index (χ3v) is 6.24. The summed E-state index contributed by atoms with van der Waals surface area (Å²) in [6.07, 6.45) is 1.47. The van der Waals surface area contributed by atoms with Gasteiger partial charge < -0.3 is 43.8 Å². The van der Waals surface area contributed by atoms with Crippen LogP contribution in [0.1, 0.15) is 0 Å². The largest absolute Gasteiger partial charge is 0.489 e. The Labute approximate surface area is 264 Å². The maximum atomic E-state index is 12.3. The number of amides is 1. The van der Waals surface area contributed by atoms with E-state index < -0.39 is 6.67 Å². The van der Waals surface area contributed by atoms with Crippen LogP contribution in [0.25, 0.3) is 10.9 Å². The van der Waals surface area contributed by atoms with Gasteiger partial charge in [0.1, 0.15) is 37.8 Å². The quantitative estimate of drug-likeness (QED) is 0.109. The third-order valence-electron chi connectivity index (χ3n) is 5.57. The van der Waals surface area contributed by atoms with Gasteiger partial charge >= 0.3 is 0 Å². The van der Waals surface area contributed by atoms with Crippen LogP contribution >= 0.6 is 22.6 Å². The number of aromatic nitrogens is 2. The van der Waals surface area contributed by atoms with Crippen molar-refractivity contribution in [1.29, 1.82) is 0 Å². The van der Waals surface area contributed by atoms with Crippen LogP contribution in [0, 0.1) is 3.57 Å². The lowest BCUT2D eigenvalue weighted by atomic mass is 10.2. The van der Waals surface area contributed by atoms with Crippen LogP contribution in [0.2, 0.25) is 0 Å². The zero-order valence-electron chi connectivity index (χ0n) is 24.2. The molecule has 236 valence electrons. The molecule has 0 atom stereocenters. The molecule has 0 spiro atoms. The number of fused-ring (bicyclic) bond motifs is 1. The maximum absolute atomic E-state index is 12.3. The van der Waals surface area contributed by atoms with Crippen LogP contribution < -0.4 is 15.4 Å². The molecule has 0 fully saturated rings. The molecule has 0 aliphatic heterocycles. The molecule has 0 aliphatic carbocycles. The molecule has 2 N–H and O–H groups in total. The van der Waals surface area contributed by atoms with Gasteiger partial charge in [-0.2, -0.15) is 0 Å². The van der Waals surface area contributed by atoms with Crippen molar-refractivity contribution in [2.45, 2.75) is 0 Å². The van der Waals surface area contributed by atoms with Crippen molar-refractivity contribution in [3.05, 3.63) is 46.3 Å². The van der Waals surface area contributed by atoms with Gasteiger partial charge in [-0.1, -0.05) is 6.07 Å². The molecule has 1 aromatic heterocycles. The van der Waals surface area contributed by atoms with E-state index in [4.69, 9.17) is 33.2 Å². The first-order valence-corrected chi connectivity index (χ1v) is 14.9. The predicted molar refractivity (Wildman–Crippen MR) is 168 cm³/mol. The number of anilines is 3. The Morgan fingerprint density at radius 3 is 2.07 bits per heavy atom. The molecule has 3 rings (SSSR count). The van der Waals surface area contributed by atoms with E-state index in [0.29, 0.717) is 87.6 Å². The van der Waals surface area contributed by atoms with E-state index in [0.717, 1.165) is 9.26 Å². The smallest absolute Gasteiger partial charge is 0.250 e. The molecule has 1 heterocycles. The molecule has 2 aromatic carbocycles. The second-order valence-corrected chi connectivity index (χ2v) is 10.0. The number of hydrogen-bond donors (Lipinski definition) is 2. The van der Waals surface area contributed by atoms with Crippen molar-refractivity contribution in [3.63, 3.8) is 0 Å². The Balaban J connectivity index is 1.41. The van der Waals surface area contributed by atoms with Crippen molar-refractivity contribution < 1.29 is 42.3 Å². The summed E-state index contributed by atoms with van der Waals surface area (Å²) in [7, 11) is 1.45. The fraction of sp³-hybridized carbons (Fsp3) is 0.483. The van der Waals surface area contributed by atoms with E-state index in [9.17, 15) is 9.18 Å². The van der Waals surface area contributed by atoms with E-state index in [1.165, 1.54) is 13.4 Å². The molecule has 0 aliphatic rings. The third kappa shape index (κ3) is 13.6. The molecule has 3 aromatic rings. The number of nitrogens with one attached hydrogen (secondary N) is 2. The normalized spacial score (nSPS) is 11.1. The minimum Gasteiger partial charge on any atom is -0.489 e. The van der Waals surface area contributed by atoms with Gasteiger partial charge in [0.05, 0.1) is 77.3 Å². The number of halogens is 2. The molecule has 14 heteroatoms. The second kappa shape index (κ2) is 21.1. The number of methoxy groups -OCH3 is 1. The summed E-state index contributed by atoms with van der Waals surface area (Å²) < 4.78 is 50.7. The van der Waals surface area contributed by atoms with Gasteiger partial charge in [-0.3, -0.25) is 4.79 Å². The predicted octanol–water partition coefficient (Wildman–Crippen LogP) is 3.99. The number of carbonyl (C=O) groups is 1. The van der Waals surface area contributed by atoms with Crippen LogP contribution in [-0.2, 0) is 33.2 Å². The van der Waals surface area contributed by atoms with Crippen molar-refractivity contribution in [3.8, 4) is 5.75 Å². The first kappa shape index (κ1) is 34.8. The van der Waals surface area contributed by atoms with Crippen LogP contribution in [0.5, 0.6) is 5.75 Å². The van der Waals surface area contributed by atoms with Crippen molar-refractivity contribution >= 4 is 56.6 Å². The minimum atomic E-state index is -0.490. The van der Waals surface area contributed by atoms with Crippen LogP contribution in [-0.4, -0.2) is 109 Å². The van der Waals surface area contributed by atoms with E-state index in [-0.39, 0.29) is 25.7 Å². The summed E-state index contributed by atoms with van der Waals surface area (Å²) >= 11 is 2.25. The minimum absolute atomic E-state index is 0.0957. The van der Waals surface area contributed by atoms with Gasteiger partial charge in [0, 0.05) is 27.8 Å². The monoisotopic (exact) mass is 716 g/mol. The van der Waals surface area contributed by atoms with Crippen molar-refractivity contribution in [1.82, 2.24) is 9.97 Å². The van der Waals surface area contributed by atoms with Gasteiger partial charge in [0.15, 0.2) is 0 Å². The molecule has 0 bridgehead atoms. The van der Waals surface area contributed by atoms with E-state index in [1.807, 2.05) is 24.3 Å². The Morgan fingerprint density at radius 2 is 1.47 bits per heavy atom. The zero-order chi connectivity index (χ0) is 30.5. The van der Waals surface area contributed by atoms with Gasteiger partial charge in [-0.25, -0.2) is 14.4 Å². The Kier molecular flexibility index (Phi) is 17.0. The Morgan fingerprint density at radius 1 is 0.837 bits per heavy atom. The van der Waals surface area contributed by atoms with Gasteiger partial charge in [0.2, 0.25) is 5.91 Å². The number of ether oxygens (including phenoxy) is 7. The highest BCUT2D eigenvalue weighted by molar-refractivity contribution is 14.1. The molecule has 0 saturated heterocycles. The topological polar surface area (TPSA) is 132 Å². The summed E-state index contributed by atoms with van der Waals surface area (Å²) in [5.41, 5.74) is 1.99. The molecule has 1 amide bonds. The standard InChI is InChI=1S/C29H38FIN4O8/c1-37-20-28(36)35-26-18-24-25(32-21-33-29(24)34-23-4-2-3-22(31)17-23)19-27(26)43-16-15-42-14-13-41-12-11-40-10-9-39-8-7-38-6-5-30/h2-4,17-19,21H,5-16,20H2,1H3,(H,35,36)(H,32,33,34). The molecular formula is C29H38FIN4O8. The summed E-state index contributed by atoms with van der Waals surface area (Å²) in [5.74, 6) is 0.726. The lowest BCUT2D eigenvalue weighted by Gasteiger charge is -2.15. The van der Waals surface area contributed by atoms with Crippen LogP contribution in [0.4, 0.5) is 21.6 Å². The van der Waals surface area contributed by atoms with Crippen LogP contribution in [0.3, 0.4) is 0 Å². The summed E-state index contributed by atoms with van der Waals surface area (Å²) in [6.45, 7) is 3.41. The fourth-order valence-electron chi connectivity index (χ4n) is 3.67. The van der Waals surface area contributed by atoms with Crippen LogP contribution in [0.15, 0.2) is 42.7 Å². The molecule has 0 radical (unpaired) electrons. The van der Waals surface area contributed by atoms with Gasteiger partial charge in [-0.15, -0.1) is 0 Å². The number of alkyl halides is 1. The molecule has 12 nitrogen and oxygen atoms in total. The highest BCUT2D eigenvalue weighted by atomic mass is 127. The number of benzene rings is 2. The molecule has 0 saturated carbocycles. The maximum Gasteiger partial charge on any atom is 0.250 e. The summed E-state index contributed by atoms with van der Waals surface area (Å²) in [4.78, 5) is 21.1. The van der Waals surface area contributed by atoms with E-state index >= 15 is 0 Å². The summed E-state index contributed by atoms with van der Waals surface area (Å²) in [5, 5.41) is 6.88. The zero-order valence-corrected chi connectivity index (χ0v) is 26.3. The molecule has 0 unspecified atom stereocenters. The highest BCUT2D eigenvalue weighted by Crippen LogP contribution is 2.33. The van der Waals surface area contributed by atoms with E-state index in [2.05, 4.69) is 43.2 Å². The number of carbonyl (C=O) groups excluding carboxylic acids is 1. The average Bonchev–Trinajstić information content (AvgIpc) is 2.99. The van der Waals surface area contributed by atoms with Crippen molar-refractivity contribution in [2.75, 3.05) is 104 Å². The SMILES string of the molecule is COCC(=O)Nc1cc2c(Nc3cccc(I)c3)ncnc2cc1OCCOCCOCCOCCOCCOCCF. The highest BCUT2D eigenvalue weighted by Gasteiger charge is 2.14. The first-order chi connectivity index (χ1) is 21.1. The Hall–Kier alpha value is -2.73. The number of hydrogen-bond acceptors (Lipinski definition) is 11. The van der Waals surface area contributed by atoms with Gasteiger partial charge in [0.25, 0.3) is 0 Å². The molecular weight excluding hydrogens is 678 g/mol. The summed E-state index contributed by atoms with van der Waals surface area (Å²) in [6, 6.07) is 11.4. The lowest BCUT2D eigenvalue weighted by Crippen LogP contribution is -2.18. The Bertz CT molecular complexity index is 1240.